The maximum Gasteiger partial charge on any atom is 0.310 e. The molecule has 0 radical (unpaired) electrons. The predicted molar refractivity (Wildman–Crippen MR) is 120 cm³/mol. The maximum atomic E-state index is 13.1. The second-order valence-corrected chi connectivity index (χ2v) is 8.88. The van der Waals surface area contributed by atoms with E-state index in [0.717, 1.165) is 11.4 Å². The van der Waals surface area contributed by atoms with Gasteiger partial charge in [-0.3, -0.25) is 14.4 Å². The lowest BCUT2D eigenvalue weighted by Gasteiger charge is -2.24. The smallest absolute Gasteiger partial charge is 0.310 e. The minimum absolute atomic E-state index is 0.000475. The van der Waals surface area contributed by atoms with E-state index in [1.54, 1.807) is 17.9 Å². The van der Waals surface area contributed by atoms with Gasteiger partial charge in [-0.25, -0.2) is 0 Å². The fourth-order valence-electron chi connectivity index (χ4n) is 3.75. The highest BCUT2D eigenvalue weighted by atomic mass is 32.2. The number of carbonyl (C=O) groups is 3. The molecule has 2 amide bonds. The molecule has 1 aromatic carbocycles. The van der Waals surface area contributed by atoms with Gasteiger partial charge in [-0.2, -0.15) is 0 Å². The molecule has 7 heteroatoms. The summed E-state index contributed by atoms with van der Waals surface area (Å²) < 4.78 is 4.77. The Morgan fingerprint density at radius 1 is 1.20 bits per heavy atom. The molecule has 1 N–H and O–H groups in total. The molecule has 1 saturated carbocycles. The van der Waals surface area contributed by atoms with Gasteiger partial charge < -0.3 is 15.0 Å². The third-order valence-corrected chi connectivity index (χ3v) is 6.63. The maximum absolute atomic E-state index is 13.1. The van der Waals surface area contributed by atoms with Gasteiger partial charge >= 0.3 is 5.97 Å². The average molecular weight is 435 g/mol. The lowest BCUT2D eigenvalue weighted by atomic mass is 9.89. The van der Waals surface area contributed by atoms with Crippen molar-refractivity contribution in [1.29, 1.82) is 0 Å². The molecule has 1 fully saturated rings. The summed E-state index contributed by atoms with van der Waals surface area (Å²) in [5.41, 5.74) is 0.557. The molecule has 1 unspecified atom stereocenters. The highest BCUT2D eigenvalue weighted by molar-refractivity contribution is 8.00. The number of benzene rings is 1. The lowest BCUT2D eigenvalue weighted by molar-refractivity contribution is -0.145. The molecule has 1 atom stereocenters. The molecule has 0 aliphatic heterocycles. The standard InChI is InChI=1S/C23H34N2O4S/c1-4-25(15-17(2)23(28)29-3)22(27)19-12-8-9-13-20(19)30-16-21(26)24-14-18-10-6-5-7-11-18/h8-9,12-13,17-18H,4-7,10-11,14-16H2,1-3H3,(H,24,26). The van der Waals surface area contributed by atoms with Gasteiger partial charge in [0.25, 0.3) is 5.91 Å². The topological polar surface area (TPSA) is 75.7 Å². The molecule has 2 rings (SSSR count). The summed E-state index contributed by atoms with van der Waals surface area (Å²) in [6.07, 6.45) is 6.21. The van der Waals surface area contributed by atoms with Gasteiger partial charge in [0.15, 0.2) is 0 Å². The molecule has 0 heterocycles. The average Bonchev–Trinajstić information content (AvgIpc) is 2.79. The summed E-state index contributed by atoms with van der Waals surface area (Å²) in [7, 11) is 1.35. The lowest BCUT2D eigenvalue weighted by Crippen LogP contribution is -2.37. The van der Waals surface area contributed by atoms with E-state index in [2.05, 4.69) is 5.32 Å². The summed E-state index contributed by atoms with van der Waals surface area (Å²) >= 11 is 1.38. The number of nitrogens with zero attached hydrogens (tertiary/aromatic N) is 1. The second-order valence-electron chi connectivity index (χ2n) is 7.86. The van der Waals surface area contributed by atoms with Gasteiger partial charge in [-0.05, 0) is 37.8 Å². The quantitative estimate of drug-likeness (QED) is 0.448. The van der Waals surface area contributed by atoms with Crippen molar-refractivity contribution in [2.75, 3.05) is 32.5 Å². The van der Waals surface area contributed by atoms with Crippen LogP contribution >= 0.6 is 11.8 Å². The molecule has 1 aliphatic rings. The zero-order valence-electron chi connectivity index (χ0n) is 18.3. The Morgan fingerprint density at radius 2 is 1.90 bits per heavy atom. The molecule has 1 aliphatic carbocycles. The van der Waals surface area contributed by atoms with Crippen molar-refractivity contribution in [3.63, 3.8) is 0 Å². The summed E-state index contributed by atoms with van der Waals surface area (Å²) in [6.45, 7) is 5.16. The van der Waals surface area contributed by atoms with Crippen LogP contribution in [0, 0.1) is 11.8 Å². The predicted octanol–water partition coefficient (Wildman–Crippen LogP) is 3.75. The van der Waals surface area contributed by atoms with E-state index >= 15 is 0 Å². The molecule has 0 bridgehead atoms. The van der Waals surface area contributed by atoms with Crippen molar-refractivity contribution < 1.29 is 19.1 Å². The zero-order valence-corrected chi connectivity index (χ0v) is 19.1. The first-order valence-corrected chi connectivity index (χ1v) is 11.8. The number of thioether (sulfide) groups is 1. The van der Waals surface area contributed by atoms with Gasteiger partial charge in [0.1, 0.15) is 0 Å². The van der Waals surface area contributed by atoms with E-state index < -0.39 is 5.92 Å². The first-order valence-electron chi connectivity index (χ1n) is 10.8. The number of nitrogens with one attached hydrogen (secondary N) is 1. The Labute approximate surface area is 184 Å². The second kappa shape index (κ2) is 12.6. The number of amides is 2. The summed E-state index contributed by atoms with van der Waals surface area (Å²) in [6, 6.07) is 7.32. The number of carbonyl (C=O) groups excluding carboxylic acids is 3. The van der Waals surface area contributed by atoms with E-state index in [4.69, 9.17) is 4.74 Å². The fourth-order valence-corrected chi connectivity index (χ4v) is 4.62. The minimum Gasteiger partial charge on any atom is -0.469 e. The highest BCUT2D eigenvalue weighted by Crippen LogP contribution is 2.25. The van der Waals surface area contributed by atoms with Crippen LogP contribution in [0.15, 0.2) is 29.2 Å². The molecule has 0 aromatic heterocycles. The third kappa shape index (κ3) is 7.35. The Hall–Kier alpha value is -2.02. The third-order valence-electron chi connectivity index (χ3n) is 5.56. The number of rotatable bonds is 10. The number of methoxy groups -OCH3 is 1. The van der Waals surface area contributed by atoms with Crippen LogP contribution in [-0.2, 0) is 14.3 Å². The van der Waals surface area contributed by atoms with Crippen LogP contribution in [0.1, 0.15) is 56.3 Å². The van der Waals surface area contributed by atoms with Crippen LogP contribution in [0.5, 0.6) is 0 Å². The summed E-state index contributed by atoms with van der Waals surface area (Å²) in [4.78, 5) is 39.5. The number of hydrogen-bond acceptors (Lipinski definition) is 5. The molecule has 6 nitrogen and oxygen atoms in total. The number of esters is 1. The normalized spacial score (nSPS) is 15.3. The van der Waals surface area contributed by atoms with Crippen LogP contribution in [-0.4, -0.2) is 55.2 Å². The Kier molecular flexibility index (Phi) is 10.2. The first-order chi connectivity index (χ1) is 14.5. The molecule has 0 saturated heterocycles. The van der Waals surface area contributed by atoms with Crippen molar-refractivity contribution in [3.8, 4) is 0 Å². The van der Waals surface area contributed by atoms with E-state index in [1.807, 2.05) is 25.1 Å². The highest BCUT2D eigenvalue weighted by Gasteiger charge is 2.23. The van der Waals surface area contributed by atoms with Crippen molar-refractivity contribution >= 4 is 29.5 Å². The molecule has 0 spiro atoms. The Morgan fingerprint density at radius 3 is 2.57 bits per heavy atom. The number of hydrogen-bond donors (Lipinski definition) is 1. The Bertz CT molecular complexity index is 719. The van der Waals surface area contributed by atoms with E-state index in [-0.39, 0.29) is 23.5 Å². The largest absolute Gasteiger partial charge is 0.469 e. The van der Waals surface area contributed by atoms with Crippen LogP contribution in [0.3, 0.4) is 0 Å². The number of ether oxygens (including phenoxy) is 1. The van der Waals surface area contributed by atoms with Crippen LogP contribution in [0.2, 0.25) is 0 Å². The van der Waals surface area contributed by atoms with Gasteiger partial charge in [0.05, 0.1) is 24.3 Å². The fraction of sp³-hybridized carbons (Fsp3) is 0.609. The molecule has 1 aromatic rings. The van der Waals surface area contributed by atoms with Crippen molar-refractivity contribution in [2.45, 2.75) is 50.8 Å². The van der Waals surface area contributed by atoms with Crippen LogP contribution in [0.25, 0.3) is 0 Å². The van der Waals surface area contributed by atoms with Crippen LogP contribution in [0.4, 0.5) is 0 Å². The van der Waals surface area contributed by atoms with Gasteiger partial charge in [-0.15, -0.1) is 11.8 Å². The van der Waals surface area contributed by atoms with E-state index in [9.17, 15) is 14.4 Å². The molecular weight excluding hydrogens is 400 g/mol. The monoisotopic (exact) mass is 434 g/mol. The SMILES string of the molecule is CCN(CC(C)C(=O)OC)C(=O)c1ccccc1SCC(=O)NCC1CCCCC1. The van der Waals surface area contributed by atoms with E-state index in [1.165, 1.54) is 51.0 Å². The van der Waals surface area contributed by atoms with Crippen molar-refractivity contribution in [3.05, 3.63) is 29.8 Å². The van der Waals surface area contributed by atoms with E-state index in [0.29, 0.717) is 24.6 Å². The van der Waals surface area contributed by atoms with Gasteiger partial charge in [0.2, 0.25) is 5.91 Å². The molecule has 166 valence electrons. The van der Waals surface area contributed by atoms with Crippen molar-refractivity contribution in [2.24, 2.45) is 11.8 Å². The molecule has 30 heavy (non-hydrogen) atoms. The van der Waals surface area contributed by atoms with Crippen molar-refractivity contribution in [1.82, 2.24) is 10.2 Å². The van der Waals surface area contributed by atoms with Gasteiger partial charge in [-0.1, -0.05) is 38.3 Å². The van der Waals surface area contributed by atoms with Crippen LogP contribution < -0.4 is 5.32 Å². The summed E-state index contributed by atoms with van der Waals surface area (Å²) in [5, 5.41) is 3.04. The molecular formula is C23H34N2O4S. The van der Waals surface area contributed by atoms with Gasteiger partial charge in [0, 0.05) is 24.5 Å². The summed E-state index contributed by atoms with van der Waals surface area (Å²) in [5.74, 6) is -0.000388. The minimum atomic E-state index is -0.399. The Balaban J connectivity index is 1.94. The zero-order chi connectivity index (χ0) is 21.9. The first kappa shape index (κ1) is 24.3.